The fourth-order valence-electron chi connectivity index (χ4n) is 2.81. The molecule has 2 rings (SSSR count). The maximum absolute atomic E-state index is 3.62. The van der Waals surface area contributed by atoms with Gasteiger partial charge in [-0.05, 0) is 57.5 Å². The van der Waals surface area contributed by atoms with Crippen molar-refractivity contribution in [1.29, 1.82) is 0 Å². The first-order valence-corrected chi connectivity index (χ1v) is 7.04. The summed E-state index contributed by atoms with van der Waals surface area (Å²) in [6.07, 6.45) is 6.91. The molecule has 2 aliphatic rings. The largest absolute Gasteiger partial charge is 0.314 e. The fourth-order valence-corrected chi connectivity index (χ4v) is 2.81. The smallest absolute Gasteiger partial charge is 0.00792 e. The van der Waals surface area contributed by atoms with Crippen molar-refractivity contribution in [3.63, 3.8) is 0 Å². The highest BCUT2D eigenvalue weighted by Gasteiger charge is 2.28. The zero-order chi connectivity index (χ0) is 11.6. The van der Waals surface area contributed by atoms with Gasteiger partial charge in [0.2, 0.25) is 0 Å². The van der Waals surface area contributed by atoms with Gasteiger partial charge in [0.1, 0.15) is 0 Å². The molecule has 1 saturated carbocycles. The standard InChI is InChI=1S/C14H28N2/c1-12(7-9-15-13-5-6-13)16-10-4-8-14(2,3)11-16/h12-13,15H,4-11H2,1-3H3. The Morgan fingerprint density at radius 2 is 2.12 bits per heavy atom. The minimum absolute atomic E-state index is 0.538. The van der Waals surface area contributed by atoms with Crippen molar-refractivity contribution in [3.8, 4) is 0 Å². The van der Waals surface area contributed by atoms with E-state index in [1.165, 1.54) is 51.7 Å². The molecule has 0 bridgehead atoms. The second-order valence-corrected chi connectivity index (χ2v) is 6.60. The molecule has 2 nitrogen and oxygen atoms in total. The fraction of sp³-hybridized carbons (Fsp3) is 1.00. The summed E-state index contributed by atoms with van der Waals surface area (Å²) in [6.45, 7) is 11.0. The molecule has 16 heavy (non-hydrogen) atoms. The molecule has 94 valence electrons. The van der Waals surface area contributed by atoms with E-state index in [4.69, 9.17) is 0 Å². The van der Waals surface area contributed by atoms with Gasteiger partial charge in [0.05, 0.1) is 0 Å². The van der Waals surface area contributed by atoms with Crippen molar-refractivity contribution < 1.29 is 0 Å². The highest BCUT2D eigenvalue weighted by atomic mass is 15.2. The van der Waals surface area contributed by atoms with Crippen LogP contribution in [0.4, 0.5) is 0 Å². The van der Waals surface area contributed by atoms with Gasteiger partial charge in [0.15, 0.2) is 0 Å². The normalized spacial score (nSPS) is 27.9. The molecule has 1 unspecified atom stereocenters. The van der Waals surface area contributed by atoms with Crippen LogP contribution in [0.3, 0.4) is 0 Å². The summed E-state index contributed by atoms with van der Waals surface area (Å²) in [5, 5.41) is 3.62. The topological polar surface area (TPSA) is 15.3 Å². The Bertz CT molecular complexity index is 221. The van der Waals surface area contributed by atoms with Crippen molar-refractivity contribution in [2.75, 3.05) is 19.6 Å². The Hall–Kier alpha value is -0.0800. The van der Waals surface area contributed by atoms with Gasteiger partial charge in [-0.3, -0.25) is 0 Å². The van der Waals surface area contributed by atoms with Crippen LogP contribution in [0.15, 0.2) is 0 Å². The molecule has 0 radical (unpaired) electrons. The van der Waals surface area contributed by atoms with E-state index in [0.717, 1.165) is 12.1 Å². The SMILES string of the molecule is CC(CCNC1CC1)N1CCCC(C)(C)C1. The van der Waals surface area contributed by atoms with Crippen molar-refractivity contribution >= 4 is 0 Å². The number of hydrogen-bond acceptors (Lipinski definition) is 2. The first kappa shape index (κ1) is 12.4. The number of likely N-dealkylation sites (tertiary alicyclic amines) is 1. The predicted molar refractivity (Wildman–Crippen MR) is 69.7 cm³/mol. The highest BCUT2D eigenvalue weighted by Crippen LogP contribution is 2.29. The van der Waals surface area contributed by atoms with Crippen LogP contribution in [0.5, 0.6) is 0 Å². The summed E-state index contributed by atoms with van der Waals surface area (Å²) >= 11 is 0. The van der Waals surface area contributed by atoms with E-state index >= 15 is 0 Å². The maximum atomic E-state index is 3.62. The highest BCUT2D eigenvalue weighted by molar-refractivity contribution is 4.84. The lowest BCUT2D eigenvalue weighted by Crippen LogP contribution is -2.45. The molecule has 0 amide bonds. The second kappa shape index (κ2) is 5.05. The van der Waals surface area contributed by atoms with Crippen LogP contribution in [-0.4, -0.2) is 36.6 Å². The van der Waals surface area contributed by atoms with Gasteiger partial charge in [0.25, 0.3) is 0 Å². The van der Waals surface area contributed by atoms with E-state index in [1.807, 2.05) is 0 Å². The summed E-state index contributed by atoms with van der Waals surface area (Å²) in [5.41, 5.74) is 0.538. The van der Waals surface area contributed by atoms with Crippen LogP contribution < -0.4 is 5.32 Å². The summed E-state index contributed by atoms with van der Waals surface area (Å²) in [6, 6.07) is 1.62. The Balaban J connectivity index is 1.68. The Morgan fingerprint density at radius 1 is 1.38 bits per heavy atom. The van der Waals surface area contributed by atoms with E-state index in [-0.39, 0.29) is 0 Å². The molecule has 1 aliphatic carbocycles. The molecule has 0 aromatic carbocycles. The lowest BCUT2D eigenvalue weighted by Gasteiger charge is -2.41. The zero-order valence-corrected chi connectivity index (χ0v) is 11.3. The van der Waals surface area contributed by atoms with Gasteiger partial charge in [-0.25, -0.2) is 0 Å². The molecular weight excluding hydrogens is 196 g/mol. The molecule has 1 aliphatic heterocycles. The van der Waals surface area contributed by atoms with E-state index in [0.29, 0.717) is 5.41 Å². The second-order valence-electron chi connectivity index (χ2n) is 6.60. The third-order valence-electron chi connectivity index (χ3n) is 4.13. The Morgan fingerprint density at radius 3 is 2.75 bits per heavy atom. The zero-order valence-electron chi connectivity index (χ0n) is 11.3. The first-order valence-electron chi connectivity index (χ1n) is 7.04. The van der Waals surface area contributed by atoms with Crippen LogP contribution in [-0.2, 0) is 0 Å². The molecule has 0 aromatic heterocycles. The van der Waals surface area contributed by atoms with Gasteiger partial charge in [0, 0.05) is 18.6 Å². The maximum Gasteiger partial charge on any atom is 0.00792 e. The quantitative estimate of drug-likeness (QED) is 0.772. The first-order chi connectivity index (χ1) is 7.57. The van der Waals surface area contributed by atoms with Crippen LogP contribution in [0.25, 0.3) is 0 Å². The van der Waals surface area contributed by atoms with Crippen molar-refractivity contribution in [1.82, 2.24) is 10.2 Å². The molecular formula is C14H28N2. The summed E-state index contributed by atoms with van der Waals surface area (Å²) < 4.78 is 0. The van der Waals surface area contributed by atoms with E-state index in [1.54, 1.807) is 0 Å². The average Bonchev–Trinajstić information content (AvgIpc) is 3.00. The van der Waals surface area contributed by atoms with Gasteiger partial charge in [-0.1, -0.05) is 13.8 Å². The summed E-state index contributed by atoms with van der Waals surface area (Å²) in [4.78, 5) is 2.69. The van der Waals surface area contributed by atoms with E-state index in [9.17, 15) is 0 Å². The van der Waals surface area contributed by atoms with Gasteiger partial charge in [-0.15, -0.1) is 0 Å². The van der Waals surface area contributed by atoms with Crippen molar-refractivity contribution in [2.45, 2.75) is 65.0 Å². The molecule has 0 aromatic rings. The number of rotatable bonds is 5. The number of nitrogens with zero attached hydrogens (tertiary/aromatic N) is 1. The number of piperidine rings is 1. The van der Waals surface area contributed by atoms with Gasteiger partial charge < -0.3 is 10.2 Å². The van der Waals surface area contributed by atoms with Gasteiger partial charge >= 0.3 is 0 Å². The molecule has 1 atom stereocenters. The Labute approximate surface area is 101 Å². The van der Waals surface area contributed by atoms with Crippen LogP contribution >= 0.6 is 0 Å². The van der Waals surface area contributed by atoms with Crippen LogP contribution in [0, 0.1) is 5.41 Å². The lowest BCUT2D eigenvalue weighted by molar-refractivity contribution is 0.0812. The molecule has 1 N–H and O–H groups in total. The lowest BCUT2D eigenvalue weighted by atomic mass is 9.83. The monoisotopic (exact) mass is 224 g/mol. The number of nitrogens with one attached hydrogen (secondary N) is 1. The molecule has 1 heterocycles. The van der Waals surface area contributed by atoms with E-state index in [2.05, 4.69) is 31.0 Å². The molecule has 0 spiro atoms. The summed E-state index contributed by atoms with van der Waals surface area (Å²) in [7, 11) is 0. The predicted octanol–water partition coefficient (Wildman–Crippen LogP) is 2.64. The third kappa shape index (κ3) is 3.74. The van der Waals surface area contributed by atoms with Crippen molar-refractivity contribution in [2.24, 2.45) is 5.41 Å². The molecule has 2 fully saturated rings. The van der Waals surface area contributed by atoms with Crippen LogP contribution in [0.1, 0.15) is 52.9 Å². The summed E-state index contributed by atoms with van der Waals surface area (Å²) in [5.74, 6) is 0. The van der Waals surface area contributed by atoms with Crippen LogP contribution in [0.2, 0.25) is 0 Å². The van der Waals surface area contributed by atoms with Gasteiger partial charge in [-0.2, -0.15) is 0 Å². The molecule has 2 heteroatoms. The van der Waals surface area contributed by atoms with Crippen molar-refractivity contribution in [3.05, 3.63) is 0 Å². The van der Waals surface area contributed by atoms with E-state index < -0.39 is 0 Å². The minimum Gasteiger partial charge on any atom is -0.314 e. The minimum atomic E-state index is 0.538. The average molecular weight is 224 g/mol. The third-order valence-corrected chi connectivity index (χ3v) is 4.13. The Kier molecular flexibility index (Phi) is 3.91. The molecule has 1 saturated heterocycles. The number of hydrogen-bond donors (Lipinski definition) is 1.